The molecule has 33 heavy (non-hydrogen) atoms. The van der Waals surface area contributed by atoms with Crippen molar-refractivity contribution >= 4 is 0 Å². The van der Waals surface area contributed by atoms with E-state index >= 15 is 0 Å². The van der Waals surface area contributed by atoms with E-state index < -0.39 is 105 Å². The van der Waals surface area contributed by atoms with Gasteiger partial charge in [0.05, 0.1) is 19.3 Å². The molecule has 0 radical (unpaired) electrons. The van der Waals surface area contributed by atoms with E-state index in [4.69, 9.17) is 23.7 Å². The Morgan fingerprint density at radius 1 is 0.606 bits per heavy atom. The lowest BCUT2D eigenvalue weighted by molar-refractivity contribution is -0.361. The van der Waals surface area contributed by atoms with Crippen molar-refractivity contribution in [2.24, 2.45) is 0 Å². The normalized spacial score (nSPS) is 53.7. The molecule has 3 rings (SSSR count). The third-order valence-corrected chi connectivity index (χ3v) is 6.03. The van der Waals surface area contributed by atoms with Crippen LogP contribution in [0.1, 0.15) is 6.92 Å². The molecule has 0 aromatic heterocycles. The fraction of sp³-hybridized carbons (Fsp3) is 1.00. The first-order valence-electron chi connectivity index (χ1n) is 10.4. The smallest absolute Gasteiger partial charge is 0.187 e. The zero-order chi connectivity index (χ0) is 24.6. The maximum atomic E-state index is 10.6. The predicted octanol–water partition coefficient (Wildman–Crippen LogP) is -6.55. The molecule has 15 heteroatoms. The molecule has 0 amide bonds. The highest BCUT2D eigenvalue weighted by Gasteiger charge is 2.51. The van der Waals surface area contributed by atoms with E-state index in [2.05, 4.69) is 0 Å². The highest BCUT2D eigenvalue weighted by molar-refractivity contribution is 4.94. The number of ether oxygens (including phenoxy) is 5. The highest BCUT2D eigenvalue weighted by atomic mass is 16.7. The summed E-state index contributed by atoms with van der Waals surface area (Å²) in [7, 11) is 0. The molecule has 0 aromatic carbocycles. The van der Waals surface area contributed by atoms with Gasteiger partial charge in [-0.25, -0.2) is 0 Å². The van der Waals surface area contributed by atoms with Crippen molar-refractivity contribution in [1.29, 1.82) is 0 Å². The fourth-order valence-corrected chi connectivity index (χ4v) is 3.89. The summed E-state index contributed by atoms with van der Waals surface area (Å²) in [5, 5.41) is 99.6. The van der Waals surface area contributed by atoms with Gasteiger partial charge in [0.25, 0.3) is 0 Å². The summed E-state index contributed by atoms with van der Waals surface area (Å²) in [6, 6.07) is 0. The Kier molecular flexibility index (Phi) is 8.99. The van der Waals surface area contributed by atoms with Crippen LogP contribution in [0.2, 0.25) is 0 Å². The molecule has 3 aliphatic rings. The van der Waals surface area contributed by atoms with E-state index in [1.807, 2.05) is 0 Å². The monoisotopic (exact) mass is 488 g/mol. The molecule has 0 bridgehead atoms. The Balaban J connectivity index is 1.65. The zero-order valence-electron chi connectivity index (χ0n) is 17.6. The summed E-state index contributed by atoms with van der Waals surface area (Å²) in [5.41, 5.74) is 0. The molecular weight excluding hydrogens is 456 g/mol. The lowest BCUT2D eigenvalue weighted by atomic mass is 9.97. The van der Waals surface area contributed by atoms with Crippen LogP contribution >= 0.6 is 0 Å². The number of hydrogen-bond donors (Lipinski definition) is 10. The topological polar surface area (TPSA) is 248 Å². The Labute approximate surface area is 187 Å². The van der Waals surface area contributed by atoms with Gasteiger partial charge in [-0.1, -0.05) is 0 Å². The third-order valence-electron chi connectivity index (χ3n) is 6.03. The minimum Gasteiger partial charge on any atom is -0.394 e. The number of rotatable bonds is 6. The van der Waals surface area contributed by atoms with E-state index in [1.165, 1.54) is 6.92 Å². The van der Waals surface area contributed by atoms with Crippen molar-refractivity contribution in [1.82, 2.24) is 0 Å². The van der Waals surface area contributed by atoms with Gasteiger partial charge < -0.3 is 74.7 Å². The van der Waals surface area contributed by atoms with Crippen LogP contribution in [0.15, 0.2) is 0 Å². The first kappa shape index (κ1) is 27.0. The van der Waals surface area contributed by atoms with E-state index in [0.29, 0.717) is 0 Å². The van der Waals surface area contributed by atoms with Gasteiger partial charge in [0.2, 0.25) is 0 Å². The van der Waals surface area contributed by atoms with Crippen molar-refractivity contribution in [3.63, 3.8) is 0 Å². The first-order chi connectivity index (χ1) is 15.5. The summed E-state index contributed by atoms with van der Waals surface area (Å²) in [4.78, 5) is 0. The Bertz CT molecular complexity index is 624. The van der Waals surface area contributed by atoms with Crippen molar-refractivity contribution < 1.29 is 74.7 Å². The van der Waals surface area contributed by atoms with E-state index in [0.717, 1.165) is 0 Å². The molecule has 3 saturated heterocycles. The van der Waals surface area contributed by atoms with Gasteiger partial charge in [0, 0.05) is 0 Å². The second kappa shape index (κ2) is 11.0. The largest absolute Gasteiger partial charge is 0.394 e. The molecule has 15 atom stereocenters. The molecule has 194 valence electrons. The van der Waals surface area contributed by atoms with E-state index in [9.17, 15) is 51.1 Å². The van der Waals surface area contributed by atoms with Crippen LogP contribution < -0.4 is 0 Å². The van der Waals surface area contributed by atoms with Crippen LogP contribution in [-0.4, -0.2) is 156 Å². The second-order valence-corrected chi connectivity index (χ2v) is 8.36. The van der Waals surface area contributed by atoms with E-state index in [1.54, 1.807) is 0 Å². The van der Waals surface area contributed by atoms with Crippen LogP contribution in [0.3, 0.4) is 0 Å². The van der Waals surface area contributed by atoms with Crippen LogP contribution in [0.4, 0.5) is 0 Å². The molecule has 0 saturated carbocycles. The van der Waals surface area contributed by atoms with Crippen LogP contribution in [0.25, 0.3) is 0 Å². The van der Waals surface area contributed by atoms with E-state index in [-0.39, 0.29) is 0 Å². The lowest BCUT2D eigenvalue weighted by Gasteiger charge is -2.45. The molecule has 10 N–H and O–H groups in total. The molecule has 0 aromatic rings. The van der Waals surface area contributed by atoms with Gasteiger partial charge in [0.1, 0.15) is 67.1 Å². The SMILES string of the molecule is C[C@H]1O[C@H](OC[C@H]2O[C@H](O)[C@@H](O)[C@@H](O[C@H]3O[C@H](CO)[C@@H](O)[C@H](O)[C@@H]3O)[C@@H]2O)[C@@H](O)[C@@H](O)[C@@H]1O. The third kappa shape index (κ3) is 5.48. The maximum Gasteiger partial charge on any atom is 0.187 e. The average molecular weight is 488 g/mol. The predicted molar refractivity (Wildman–Crippen MR) is 99.8 cm³/mol. The summed E-state index contributed by atoms with van der Waals surface area (Å²) in [6.45, 7) is 0.175. The summed E-state index contributed by atoms with van der Waals surface area (Å²) in [6.07, 6.45) is -23.6. The average Bonchev–Trinajstić information content (AvgIpc) is 2.79. The van der Waals surface area contributed by atoms with Gasteiger partial charge in [-0.3, -0.25) is 0 Å². The second-order valence-electron chi connectivity index (χ2n) is 8.36. The number of aliphatic hydroxyl groups excluding tert-OH is 10. The quantitative estimate of drug-likeness (QED) is 0.167. The fourth-order valence-electron chi connectivity index (χ4n) is 3.89. The maximum absolute atomic E-state index is 10.6. The number of hydrogen-bond acceptors (Lipinski definition) is 15. The summed E-state index contributed by atoms with van der Waals surface area (Å²) < 4.78 is 26.3. The minimum atomic E-state index is -1.89. The first-order valence-corrected chi connectivity index (χ1v) is 10.4. The summed E-state index contributed by atoms with van der Waals surface area (Å²) >= 11 is 0. The summed E-state index contributed by atoms with van der Waals surface area (Å²) in [5.74, 6) is 0. The van der Waals surface area contributed by atoms with Crippen molar-refractivity contribution in [3.8, 4) is 0 Å². The van der Waals surface area contributed by atoms with Crippen LogP contribution in [0.5, 0.6) is 0 Å². The number of aliphatic hydroxyl groups is 10. The Morgan fingerprint density at radius 2 is 1.21 bits per heavy atom. The Hall–Kier alpha value is -0.600. The molecule has 3 heterocycles. The standard InChI is InChI=1S/C18H32O15/c1-4-7(20)10(23)12(25)17(30-4)29-3-6-9(22)15(14(27)16(28)31-6)33-18-13(26)11(24)8(21)5(2-19)32-18/h4-28H,2-3H2,1H3/t4-,5-,6-,7-,8-,9-,10+,11+,12+,13+,14+,15+,16+,17+,18-/m1/s1. The van der Waals surface area contributed by atoms with Crippen molar-refractivity contribution in [2.45, 2.75) is 99.0 Å². The van der Waals surface area contributed by atoms with Gasteiger partial charge in [0.15, 0.2) is 18.9 Å². The van der Waals surface area contributed by atoms with Gasteiger partial charge in [-0.05, 0) is 6.92 Å². The molecule has 0 aliphatic carbocycles. The molecule has 15 nitrogen and oxygen atoms in total. The molecule has 0 unspecified atom stereocenters. The molecule has 3 fully saturated rings. The van der Waals surface area contributed by atoms with Crippen molar-refractivity contribution in [2.75, 3.05) is 13.2 Å². The van der Waals surface area contributed by atoms with Crippen LogP contribution in [-0.2, 0) is 23.7 Å². The highest BCUT2D eigenvalue weighted by Crippen LogP contribution is 2.29. The van der Waals surface area contributed by atoms with Crippen molar-refractivity contribution in [3.05, 3.63) is 0 Å². The minimum absolute atomic E-state index is 0.531. The van der Waals surface area contributed by atoms with Gasteiger partial charge in [-0.2, -0.15) is 0 Å². The Morgan fingerprint density at radius 3 is 1.85 bits per heavy atom. The molecule has 0 spiro atoms. The lowest BCUT2D eigenvalue weighted by Crippen LogP contribution is -2.65. The zero-order valence-corrected chi connectivity index (χ0v) is 17.6. The van der Waals surface area contributed by atoms with Gasteiger partial charge in [-0.15, -0.1) is 0 Å². The van der Waals surface area contributed by atoms with Crippen LogP contribution in [0, 0.1) is 0 Å². The van der Waals surface area contributed by atoms with Gasteiger partial charge >= 0.3 is 0 Å². The molecule has 3 aliphatic heterocycles. The molecular formula is C18H32O15.